The lowest BCUT2D eigenvalue weighted by Gasteiger charge is -2.32. The summed E-state index contributed by atoms with van der Waals surface area (Å²) in [5.74, 6) is 1.39. The molecule has 13 nitrogen and oxygen atoms in total. The lowest BCUT2D eigenvalue weighted by Crippen LogP contribution is -2.47. The highest BCUT2D eigenvalue weighted by Gasteiger charge is 2.26. The van der Waals surface area contributed by atoms with E-state index in [2.05, 4.69) is 24.9 Å². The molecule has 2 aliphatic heterocycles. The van der Waals surface area contributed by atoms with E-state index in [4.69, 9.17) is 32.0 Å². The molecule has 0 bridgehead atoms. The zero-order valence-corrected chi connectivity index (χ0v) is 20.2. The van der Waals surface area contributed by atoms with E-state index >= 15 is 0 Å². The van der Waals surface area contributed by atoms with Gasteiger partial charge in [-0.25, -0.2) is 28.4 Å². The molecule has 34 heavy (non-hydrogen) atoms. The van der Waals surface area contributed by atoms with Crippen LogP contribution >= 0.6 is 11.6 Å². The molecule has 0 aromatic carbocycles. The van der Waals surface area contributed by atoms with Crippen LogP contribution in [-0.2, 0) is 21.3 Å². The molecule has 2 aliphatic rings. The van der Waals surface area contributed by atoms with E-state index in [1.54, 1.807) is 16.9 Å². The molecular formula is C19H25ClN10O3S. The van der Waals surface area contributed by atoms with Crippen LogP contribution in [-0.4, -0.2) is 106 Å². The van der Waals surface area contributed by atoms with E-state index in [9.17, 15) is 8.42 Å². The maximum Gasteiger partial charge on any atom is 0.219 e. The fourth-order valence-corrected chi connectivity index (χ4v) is 5.15. The first-order chi connectivity index (χ1) is 16.3. The van der Waals surface area contributed by atoms with Gasteiger partial charge < -0.3 is 15.4 Å². The molecule has 3 aromatic rings. The molecule has 0 atom stereocenters. The molecule has 2 saturated heterocycles. The van der Waals surface area contributed by atoms with Crippen molar-refractivity contribution in [3.63, 3.8) is 0 Å². The fraction of sp³-hybridized carbons (Fsp3) is 0.526. The number of nitrogens with zero attached hydrogens (tertiary/aromatic N) is 9. The van der Waals surface area contributed by atoms with E-state index in [1.165, 1.54) is 10.6 Å². The molecule has 5 rings (SSSR count). The number of ether oxygens (including phenoxy) is 1. The van der Waals surface area contributed by atoms with Gasteiger partial charge in [-0.05, 0) is 0 Å². The summed E-state index contributed by atoms with van der Waals surface area (Å²) in [4.78, 5) is 21.9. The Hall–Kier alpha value is -2.65. The Morgan fingerprint density at radius 2 is 1.74 bits per heavy atom. The van der Waals surface area contributed by atoms with Crippen molar-refractivity contribution < 1.29 is 13.2 Å². The Labute approximate surface area is 201 Å². The molecule has 3 aromatic heterocycles. The van der Waals surface area contributed by atoms with Crippen LogP contribution in [0.3, 0.4) is 0 Å². The van der Waals surface area contributed by atoms with Gasteiger partial charge in [-0.2, -0.15) is 8.82 Å². The van der Waals surface area contributed by atoms with E-state index in [-0.39, 0.29) is 5.95 Å². The second-order valence-corrected chi connectivity index (χ2v) is 10.5. The first-order valence-corrected chi connectivity index (χ1v) is 13.1. The van der Waals surface area contributed by atoms with Crippen LogP contribution in [0, 0.1) is 0 Å². The quantitative estimate of drug-likeness (QED) is 0.485. The summed E-state index contributed by atoms with van der Waals surface area (Å²) in [6.07, 6.45) is 4.38. The number of sulfonamides is 1. The molecule has 2 fully saturated rings. The molecule has 0 saturated carbocycles. The average Bonchev–Trinajstić information content (AvgIpc) is 3.25. The third kappa shape index (κ3) is 4.63. The Morgan fingerprint density at radius 3 is 2.38 bits per heavy atom. The number of rotatable bonds is 5. The molecule has 5 heterocycles. The summed E-state index contributed by atoms with van der Waals surface area (Å²) in [5.41, 5.74) is 7.29. The number of piperazine rings is 1. The zero-order chi connectivity index (χ0) is 23.9. The number of hydrogen-bond donors (Lipinski definition) is 1. The van der Waals surface area contributed by atoms with Crippen LogP contribution in [0.1, 0.15) is 5.82 Å². The summed E-state index contributed by atoms with van der Waals surface area (Å²) in [5, 5.41) is 4.96. The summed E-state index contributed by atoms with van der Waals surface area (Å²) in [6, 6.07) is 0. The van der Waals surface area contributed by atoms with Crippen molar-refractivity contribution in [2.45, 2.75) is 6.54 Å². The fourth-order valence-electron chi connectivity index (χ4n) is 4.06. The second kappa shape index (κ2) is 9.19. The van der Waals surface area contributed by atoms with Crippen molar-refractivity contribution in [2.75, 3.05) is 69.4 Å². The number of anilines is 2. The number of nitrogens with two attached hydrogens (primary N) is 1. The number of nitrogen functional groups attached to an aromatic ring is 1. The van der Waals surface area contributed by atoms with Crippen molar-refractivity contribution in [1.29, 1.82) is 0 Å². The Kier molecular flexibility index (Phi) is 6.24. The summed E-state index contributed by atoms with van der Waals surface area (Å²) >= 11 is 6.73. The largest absolute Gasteiger partial charge is 0.378 e. The number of fused-ring (bicyclic) bond motifs is 1. The molecule has 15 heteroatoms. The number of aromatic nitrogens is 6. The van der Waals surface area contributed by atoms with Gasteiger partial charge in [-0.3, -0.25) is 4.90 Å². The van der Waals surface area contributed by atoms with Crippen molar-refractivity contribution in [2.24, 2.45) is 0 Å². The van der Waals surface area contributed by atoms with Crippen molar-refractivity contribution in [3.05, 3.63) is 23.4 Å². The first kappa shape index (κ1) is 23.1. The smallest absolute Gasteiger partial charge is 0.219 e. The molecule has 0 aliphatic carbocycles. The lowest BCUT2D eigenvalue weighted by molar-refractivity contribution is 0.122. The van der Waals surface area contributed by atoms with Gasteiger partial charge in [0.1, 0.15) is 5.69 Å². The molecular weight excluding hydrogens is 484 g/mol. The van der Waals surface area contributed by atoms with E-state index in [1.807, 2.05) is 0 Å². The van der Waals surface area contributed by atoms with Gasteiger partial charge in [0.05, 0.1) is 26.0 Å². The SMILES string of the molecule is CS(=O)(=O)N1CCN(Cc2nc3c(N4CCOCC4)nc(-c4cnc(N)nc4)c(Cl)n3n2)CC1. The van der Waals surface area contributed by atoms with Gasteiger partial charge in [0, 0.05) is 57.2 Å². The summed E-state index contributed by atoms with van der Waals surface area (Å²) in [7, 11) is -3.19. The number of hydrogen-bond acceptors (Lipinski definition) is 11. The highest BCUT2D eigenvalue weighted by molar-refractivity contribution is 7.88. The first-order valence-electron chi connectivity index (χ1n) is 10.8. The van der Waals surface area contributed by atoms with Gasteiger partial charge in [0.15, 0.2) is 22.4 Å². The molecule has 0 amide bonds. The summed E-state index contributed by atoms with van der Waals surface area (Å²) in [6.45, 7) is 5.04. The molecule has 0 spiro atoms. The van der Waals surface area contributed by atoms with Gasteiger partial charge in [-0.1, -0.05) is 11.6 Å². The number of morpholine rings is 1. The van der Waals surface area contributed by atoms with Gasteiger partial charge >= 0.3 is 0 Å². The normalized spacial score (nSPS) is 18.6. The Morgan fingerprint density at radius 1 is 1.06 bits per heavy atom. The summed E-state index contributed by atoms with van der Waals surface area (Å²) < 4.78 is 32.2. The standard InChI is InChI=1S/C19H25ClN10O3S/c1-34(31,32)29-4-2-27(3-5-29)12-14-24-18-17(28-6-8-33-9-7-28)25-15(16(20)30(18)26-14)13-10-22-19(21)23-11-13/h10-11H,2-9,12H2,1H3,(H2,21,22,23). The van der Waals surface area contributed by atoms with Crippen molar-refractivity contribution >= 4 is 39.0 Å². The third-order valence-corrected chi connectivity index (χ3v) is 7.51. The van der Waals surface area contributed by atoms with Crippen LogP contribution in [0.5, 0.6) is 0 Å². The predicted molar refractivity (Wildman–Crippen MR) is 126 cm³/mol. The average molecular weight is 509 g/mol. The van der Waals surface area contributed by atoms with E-state index < -0.39 is 10.0 Å². The van der Waals surface area contributed by atoms with Crippen molar-refractivity contribution in [1.82, 2.24) is 38.8 Å². The molecule has 2 N–H and O–H groups in total. The highest BCUT2D eigenvalue weighted by atomic mass is 35.5. The Bertz CT molecular complexity index is 1290. The second-order valence-electron chi connectivity index (χ2n) is 8.21. The predicted octanol–water partition coefficient (Wildman–Crippen LogP) is -0.269. The minimum absolute atomic E-state index is 0.161. The minimum Gasteiger partial charge on any atom is -0.378 e. The van der Waals surface area contributed by atoms with Crippen LogP contribution < -0.4 is 10.6 Å². The highest BCUT2D eigenvalue weighted by Crippen LogP contribution is 2.31. The van der Waals surface area contributed by atoms with Gasteiger partial charge in [-0.15, -0.1) is 5.10 Å². The third-order valence-electron chi connectivity index (χ3n) is 5.87. The molecule has 0 radical (unpaired) electrons. The van der Waals surface area contributed by atoms with E-state index in [0.29, 0.717) is 92.7 Å². The molecule has 0 unspecified atom stereocenters. The van der Waals surface area contributed by atoms with Gasteiger partial charge in [0.25, 0.3) is 0 Å². The van der Waals surface area contributed by atoms with E-state index in [0.717, 1.165) is 0 Å². The zero-order valence-electron chi connectivity index (χ0n) is 18.6. The minimum atomic E-state index is -3.19. The van der Waals surface area contributed by atoms with Gasteiger partial charge in [0.2, 0.25) is 16.0 Å². The van der Waals surface area contributed by atoms with Crippen molar-refractivity contribution in [3.8, 4) is 11.3 Å². The van der Waals surface area contributed by atoms with Crippen LogP contribution in [0.4, 0.5) is 11.8 Å². The topological polar surface area (TPSA) is 148 Å². The number of halogens is 1. The monoisotopic (exact) mass is 508 g/mol. The maximum atomic E-state index is 11.8. The van der Waals surface area contributed by atoms with Crippen LogP contribution in [0.25, 0.3) is 16.9 Å². The lowest BCUT2D eigenvalue weighted by atomic mass is 10.2. The van der Waals surface area contributed by atoms with Crippen LogP contribution in [0.2, 0.25) is 5.15 Å². The Balaban J connectivity index is 1.49. The molecule has 182 valence electrons. The maximum absolute atomic E-state index is 11.8. The van der Waals surface area contributed by atoms with Crippen LogP contribution in [0.15, 0.2) is 12.4 Å².